The molecule has 0 saturated heterocycles. The molecule has 0 radical (unpaired) electrons. The summed E-state index contributed by atoms with van der Waals surface area (Å²) in [6.45, 7) is 1.98. The monoisotopic (exact) mass is 250 g/mol. The van der Waals surface area contributed by atoms with Gasteiger partial charge in [0, 0.05) is 16.1 Å². The zero-order valence-corrected chi connectivity index (χ0v) is 10.3. The summed E-state index contributed by atoms with van der Waals surface area (Å²) < 4.78 is 0. The highest BCUT2D eigenvalue weighted by Gasteiger charge is 2.05. The number of aryl methyl sites for hydroxylation is 1. The lowest BCUT2D eigenvalue weighted by Gasteiger charge is -2.06. The molecule has 0 aliphatic rings. The summed E-state index contributed by atoms with van der Waals surface area (Å²) in [5.41, 5.74) is 7.74. The molecule has 2 aromatic rings. The first-order valence-electron chi connectivity index (χ1n) is 4.81. The van der Waals surface area contributed by atoms with E-state index in [0.717, 1.165) is 26.2 Å². The van der Waals surface area contributed by atoms with Crippen molar-refractivity contribution >= 4 is 29.1 Å². The van der Waals surface area contributed by atoms with Gasteiger partial charge in [0.05, 0.1) is 5.69 Å². The van der Waals surface area contributed by atoms with E-state index in [9.17, 15) is 0 Å². The van der Waals surface area contributed by atoms with Crippen LogP contribution in [0.15, 0.2) is 46.5 Å². The van der Waals surface area contributed by atoms with Crippen LogP contribution in [0.4, 0.5) is 5.69 Å². The number of halogens is 1. The predicted molar refractivity (Wildman–Crippen MR) is 69.0 cm³/mol. The normalized spacial score (nSPS) is 10.4. The second-order valence-corrected chi connectivity index (χ2v) is 4.90. The number of pyridine rings is 1. The molecule has 16 heavy (non-hydrogen) atoms. The molecule has 0 spiro atoms. The Morgan fingerprint density at radius 1 is 1.19 bits per heavy atom. The fourth-order valence-electron chi connectivity index (χ4n) is 1.24. The molecule has 0 unspecified atom stereocenters. The van der Waals surface area contributed by atoms with E-state index in [1.165, 1.54) is 0 Å². The molecule has 1 aromatic heterocycles. The summed E-state index contributed by atoms with van der Waals surface area (Å²) in [5.74, 6) is 0. The number of anilines is 1. The van der Waals surface area contributed by atoms with Gasteiger partial charge in [0.2, 0.25) is 0 Å². The van der Waals surface area contributed by atoms with Crippen molar-refractivity contribution in [3.05, 3.63) is 47.1 Å². The van der Waals surface area contributed by atoms with E-state index in [0.29, 0.717) is 0 Å². The molecule has 4 heteroatoms. The van der Waals surface area contributed by atoms with Crippen LogP contribution in [-0.2, 0) is 0 Å². The van der Waals surface area contributed by atoms with E-state index >= 15 is 0 Å². The first-order valence-corrected chi connectivity index (χ1v) is 6.01. The van der Waals surface area contributed by atoms with Gasteiger partial charge in [-0.2, -0.15) is 0 Å². The number of rotatable bonds is 2. The molecule has 0 fully saturated rings. The van der Waals surface area contributed by atoms with Gasteiger partial charge in [-0.1, -0.05) is 23.4 Å². The van der Waals surface area contributed by atoms with Gasteiger partial charge in [-0.25, -0.2) is 4.98 Å². The third kappa shape index (κ3) is 2.49. The maximum atomic E-state index is 5.95. The van der Waals surface area contributed by atoms with Gasteiger partial charge in [-0.3, -0.25) is 0 Å². The van der Waals surface area contributed by atoms with Crippen LogP contribution < -0.4 is 5.73 Å². The van der Waals surface area contributed by atoms with Crippen molar-refractivity contribution in [2.45, 2.75) is 16.8 Å². The van der Waals surface area contributed by atoms with Gasteiger partial charge in [0.15, 0.2) is 0 Å². The van der Waals surface area contributed by atoms with Crippen molar-refractivity contribution in [3.63, 3.8) is 0 Å². The summed E-state index contributed by atoms with van der Waals surface area (Å²) in [7, 11) is 0. The number of benzene rings is 1. The van der Waals surface area contributed by atoms with Gasteiger partial charge >= 0.3 is 0 Å². The molecule has 0 saturated carbocycles. The Bertz CT molecular complexity index is 497. The fourth-order valence-corrected chi connectivity index (χ4v) is 2.25. The molecular weight excluding hydrogens is 240 g/mol. The summed E-state index contributed by atoms with van der Waals surface area (Å²) >= 11 is 7.36. The minimum atomic E-state index is 0.731. The van der Waals surface area contributed by atoms with Crippen molar-refractivity contribution < 1.29 is 0 Å². The number of nitrogens with two attached hydrogens (primary N) is 1. The molecular formula is C12H11ClN2S. The molecule has 0 aliphatic heterocycles. The smallest absolute Gasteiger partial charge is 0.124 e. The third-order valence-electron chi connectivity index (χ3n) is 2.20. The van der Waals surface area contributed by atoms with E-state index < -0.39 is 0 Å². The maximum Gasteiger partial charge on any atom is 0.124 e. The maximum absolute atomic E-state index is 5.95. The SMILES string of the molecule is Cc1ccnc(Sc2ccc(Cl)cc2)c1N. The van der Waals surface area contributed by atoms with Crippen LogP contribution in [-0.4, -0.2) is 4.98 Å². The number of nitrogens with zero attached hydrogens (tertiary/aromatic N) is 1. The Hall–Kier alpha value is -1.19. The number of aromatic nitrogens is 1. The van der Waals surface area contributed by atoms with Crippen molar-refractivity contribution in [2.75, 3.05) is 5.73 Å². The minimum Gasteiger partial charge on any atom is -0.396 e. The summed E-state index contributed by atoms with van der Waals surface area (Å²) in [5, 5.41) is 1.57. The zero-order valence-electron chi connectivity index (χ0n) is 8.77. The molecule has 2 N–H and O–H groups in total. The molecule has 0 atom stereocenters. The number of hydrogen-bond acceptors (Lipinski definition) is 3. The standard InChI is InChI=1S/C12H11ClN2S/c1-8-6-7-15-12(11(8)14)16-10-4-2-9(13)3-5-10/h2-7H,14H2,1H3. The summed E-state index contributed by atoms with van der Waals surface area (Å²) in [6.07, 6.45) is 1.77. The van der Waals surface area contributed by atoms with E-state index in [4.69, 9.17) is 17.3 Å². The van der Waals surface area contributed by atoms with Crippen molar-refractivity contribution in [1.29, 1.82) is 0 Å². The van der Waals surface area contributed by atoms with Crippen LogP contribution >= 0.6 is 23.4 Å². The van der Waals surface area contributed by atoms with Crippen LogP contribution in [0.3, 0.4) is 0 Å². The topological polar surface area (TPSA) is 38.9 Å². The average Bonchev–Trinajstić information content (AvgIpc) is 2.28. The quantitative estimate of drug-likeness (QED) is 0.882. The Labute approximate surface area is 104 Å². The summed E-state index contributed by atoms with van der Waals surface area (Å²) in [6, 6.07) is 9.53. The molecule has 2 nitrogen and oxygen atoms in total. The van der Waals surface area contributed by atoms with Crippen LogP contribution in [0.2, 0.25) is 5.02 Å². The highest BCUT2D eigenvalue weighted by Crippen LogP contribution is 2.31. The van der Waals surface area contributed by atoms with Crippen molar-refractivity contribution in [1.82, 2.24) is 4.98 Å². The Morgan fingerprint density at radius 2 is 1.88 bits per heavy atom. The van der Waals surface area contributed by atoms with Crippen LogP contribution in [0.1, 0.15) is 5.56 Å². The zero-order chi connectivity index (χ0) is 11.5. The Morgan fingerprint density at radius 3 is 2.56 bits per heavy atom. The Kier molecular flexibility index (Phi) is 3.36. The molecule has 0 aliphatic carbocycles. The van der Waals surface area contributed by atoms with E-state index in [1.54, 1.807) is 18.0 Å². The van der Waals surface area contributed by atoms with Gasteiger partial charge in [0.1, 0.15) is 5.03 Å². The van der Waals surface area contributed by atoms with E-state index in [2.05, 4.69) is 4.98 Å². The second-order valence-electron chi connectivity index (χ2n) is 3.40. The molecule has 0 amide bonds. The third-order valence-corrected chi connectivity index (χ3v) is 3.48. The largest absolute Gasteiger partial charge is 0.396 e. The van der Waals surface area contributed by atoms with Crippen molar-refractivity contribution in [2.24, 2.45) is 0 Å². The molecule has 1 heterocycles. The minimum absolute atomic E-state index is 0.731. The van der Waals surface area contributed by atoms with Gasteiger partial charge in [-0.05, 0) is 42.8 Å². The molecule has 2 rings (SSSR count). The average molecular weight is 251 g/mol. The van der Waals surface area contributed by atoms with Crippen molar-refractivity contribution in [3.8, 4) is 0 Å². The molecule has 82 valence electrons. The van der Waals surface area contributed by atoms with Crippen LogP contribution in [0.25, 0.3) is 0 Å². The predicted octanol–water partition coefficient (Wildman–Crippen LogP) is 3.78. The lowest BCUT2D eigenvalue weighted by molar-refractivity contribution is 1.12. The first kappa shape index (κ1) is 11.3. The van der Waals surface area contributed by atoms with Gasteiger partial charge in [-0.15, -0.1) is 0 Å². The lowest BCUT2D eigenvalue weighted by Crippen LogP contribution is -1.94. The fraction of sp³-hybridized carbons (Fsp3) is 0.0833. The highest BCUT2D eigenvalue weighted by molar-refractivity contribution is 7.99. The lowest BCUT2D eigenvalue weighted by atomic mass is 10.3. The Balaban J connectivity index is 2.27. The van der Waals surface area contributed by atoms with Crippen LogP contribution in [0, 0.1) is 6.92 Å². The van der Waals surface area contributed by atoms with E-state index in [1.807, 2.05) is 37.3 Å². The van der Waals surface area contributed by atoms with Gasteiger partial charge in [0.25, 0.3) is 0 Å². The van der Waals surface area contributed by atoms with Crippen LogP contribution in [0.5, 0.6) is 0 Å². The second kappa shape index (κ2) is 4.76. The first-order chi connectivity index (χ1) is 7.66. The molecule has 1 aromatic carbocycles. The van der Waals surface area contributed by atoms with Gasteiger partial charge < -0.3 is 5.73 Å². The molecule has 0 bridgehead atoms. The van der Waals surface area contributed by atoms with E-state index in [-0.39, 0.29) is 0 Å². The summed E-state index contributed by atoms with van der Waals surface area (Å²) in [4.78, 5) is 5.34. The highest BCUT2D eigenvalue weighted by atomic mass is 35.5. The number of nitrogen functional groups attached to an aromatic ring is 1. The number of hydrogen-bond donors (Lipinski definition) is 1.